The van der Waals surface area contributed by atoms with E-state index in [1.54, 1.807) is 0 Å². The fourth-order valence-electron chi connectivity index (χ4n) is 2.33. The van der Waals surface area contributed by atoms with Gasteiger partial charge in [0.15, 0.2) is 0 Å². The lowest BCUT2D eigenvalue weighted by atomic mass is 9.83. The molecule has 0 aromatic heterocycles. The number of aliphatic hydroxyl groups is 2. The maximum absolute atomic E-state index is 10.2. The fraction of sp³-hybridized carbons (Fsp3) is 1.00. The van der Waals surface area contributed by atoms with Crippen LogP contribution in [0.1, 0.15) is 53.9 Å². The van der Waals surface area contributed by atoms with E-state index in [4.69, 9.17) is 0 Å². The summed E-state index contributed by atoms with van der Waals surface area (Å²) in [5, 5.41) is 22.9. The predicted octanol–water partition coefficient (Wildman–Crippen LogP) is 2.17. The lowest BCUT2D eigenvalue weighted by Crippen LogP contribution is -2.44. The maximum Gasteiger partial charge on any atom is 0.0746 e. The van der Waals surface area contributed by atoms with E-state index in [1.807, 2.05) is 6.92 Å². The molecule has 0 aromatic rings. The summed E-state index contributed by atoms with van der Waals surface area (Å²) in [6.07, 6.45) is 2.71. The van der Waals surface area contributed by atoms with Crippen molar-refractivity contribution in [1.29, 1.82) is 0 Å². The van der Waals surface area contributed by atoms with Crippen molar-refractivity contribution in [2.24, 2.45) is 11.3 Å². The van der Waals surface area contributed by atoms with Crippen molar-refractivity contribution in [3.8, 4) is 0 Å². The zero-order valence-electron chi connectivity index (χ0n) is 12.2. The summed E-state index contributed by atoms with van der Waals surface area (Å²) in [5.74, 6) is 0.492. The quantitative estimate of drug-likeness (QED) is 0.583. The van der Waals surface area contributed by atoms with Gasteiger partial charge in [-0.05, 0) is 32.1 Å². The number of rotatable bonds is 9. The van der Waals surface area contributed by atoms with Crippen molar-refractivity contribution in [2.45, 2.75) is 59.5 Å². The minimum absolute atomic E-state index is 0.0338. The molecule has 0 bridgehead atoms. The standard InChI is InChI=1S/C14H31NO2/c1-6-14(7-2,11-16)10-15-9-13(5,17)8-12(3)4/h12,15-17H,6-11H2,1-5H3. The molecule has 0 heterocycles. The van der Waals surface area contributed by atoms with E-state index in [9.17, 15) is 10.2 Å². The molecule has 1 atom stereocenters. The summed E-state index contributed by atoms with van der Waals surface area (Å²) in [6, 6.07) is 0. The van der Waals surface area contributed by atoms with Crippen LogP contribution in [0.5, 0.6) is 0 Å². The molecule has 0 fully saturated rings. The summed E-state index contributed by atoms with van der Waals surface area (Å²) in [5.41, 5.74) is -0.690. The van der Waals surface area contributed by atoms with Crippen molar-refractivity contribution in [2.75, 3.05) is 19.7 Å². The third-order valence-electron chi connectivity index (χ3n) is 3.69. The molecule has 0 amide bonds. The molecule has 17 heavy (non-hydrogen) atoms. The first-order chi connectivity index (χ1) is 7.81. The zero-order valence-corrected chi connectivity index (χ0v) is 12.2. The van der Waals surface area contributed by atoms with Gasteiger partial charge in [0.25, 0.3) is 0 Å². The predicted molar refractivity (Wildman–Crippen MR) is 73.0 cm³/mol. The Morgan fingerprint density at radius 2 is 1.65 bits per heavy atom. The zero-order chi connectivity index (χ0) is 13.5. The summed E-state index contributed by atoms with van der Waals surface area (Å²) in [6.45, 7) is 11.9. The van der Waals surface area contributed by atoms with E-state index >= 15 is 0 Å². The molecule has 3 heteroatoms. The van der Waals surface area contributed by atoms with Gasteiger partial charge >= 0.3 is 0 Å². The summed E-state index contributed by atoms with van der Waals surface area (Å²) >= 11 is 0. The normalized spacial score (nSPS) is 16.2. The monoisotopic (exact) mass is 245 g/mol. The van der Waals surface area contributed by atoms with Crippen LogP contribution in [0.25, 0.3) is 0 Å². The molecule has 1 unspecified atom stereocenters. The van der Waals surface area contributed by atoms with Gasteiger partial charge in [-0.1, -0.05) is 27.7 Å². The summed E-state index contributed by atoms with van der Waals surface area (Å²) in [7, 11) is 0. The molecular formula is C14H31NO2. The lowest BCUT2D eigenvalue weighted by molar-refractivity contribution is 0.0314. The highest BCUT2D eigenvalue weighted by molar-refractivity contribution is 4.82. The summed E-state index contributed by atoms with van der Waals surface area (Å²) in [4.78, 5) is 0. The first kappa shape index (κ1) is 16.9. The molecule has 0 saturated carbocycles. The topological polar surface area (TPSA) is 52.5 Å². The minimum atomic E-state index is -0.656. The van der Waals surface area contributed by atoms with E-state index in [-0.39, 0.29) is 12.0 Å². The second-order valence-electron chi connectivity index (χ2n) is 6.06. The van der Waals surface area contributed by atoms with Crippen LogP contribution in [0.2, 0.25) is 0 Å². The Morgan fingerprint density at radius 3 is 2.00 bits per heavy atom. The highest BCUT2D eigenvalue weighted by atomic mass is 16.3. The Kier molecular flexibility index (Phi) is 7.29. The van der Waals surface area contributed by atoms with E-state index < -0.39 is 5.60 Å². The van der Waals surface area contributed by atoms with Crippen LogP contribution in [0.15, 0.2) is 0 Å². The first-order valence-corrected chi connectivity index (χ1v) is 6.85. The molecule has 104 valence electrons. The smallest absolute Gasteiger partial charge is 0.0746 e. The Hall–Kier alpha value is -0.120. The van der Waals surface area contributed by atoms with Crippen molar-refractivity contribution in [3.63, 3.8) is 0 Å². The molecule has 0 saturated heterocycles. The van der Waals surface area contributed by atoms with Gasteiger partial charge in [0, 0.05) is 25.1 Å². The van der Waals surface area contributed by atoms with Crippen molar-refractivity contribution < 1.29 is 10.2 Å². The van der Waals surface area contributed by atoms with E-state index in [1.165, 1.54) is 0 Å². The maximum atomic E-state index is 10.2. The summed E-state index contributed by atoms with van der Waals surface area (Å²) < 4.78 is 0. The molecule has 0 aromatic carbocycles. The molecule has 0 spiro atoms. The molecule has 0 rings (SSSR count). The SMILES string of the molecule is CCC(CC)(CO)CNCC(C)(O)CC(C)C. The van der Waals surface area contributed by atoms with E-state index in [2.05, 4.69) is 33.0 Å². The van der Waals surface area contributed by atoms with E-state index in [0.717, 1.165) is 25.8 Å². The van der Waals surface area contributed by atoms with Gasteiger partial charge in [0.05, 0.1) is 5.60 Å². The minimum Gasteiger partial charge on any atom is -0.396 e. The molecule has 0 aliphatic carbocycles. The molecule has 0 radical (unpaired) electrons. The largest absolute Gasteiger partial charge is 0.396 e. The molecular weight excluding hydrogens is 214 g/mol. The van der Waals surface area contributed by atoms with Crippen LogP contribution >= 0.6 is 0 Å². The first-order valence-electron chi connectivity index (χ1n) is 6.85. The van der Waals surface area contributed by atoms with Crippen LogP contribution < -0.4 is 5.32 Å². The van der Waals surface area contributed by atoms with Crippen molar-refractivity contribution in [1.82, 2.24) is 5.32 Å². The molecule has 3 nitrogen and oxygen atoms in total. The molecule has 0 aliphatic heterocycles. The van der Waals surface area contributed by atoms with Gasteiger partial charge < -0.3 is 15.5 Å². The van der Waals surface area contributed by atoms with Gasteiger partial charge in [0.1, 0.15) is 0 Å². The highest BCUT2D eigenvalue weighted by Crippen LogP contribution is 2.24. The Morgan fingerprint density at radius 1 is 1.12 bits per heavy atom. The average Bonchev–Trinajstić information content (AvgIpc) is 2.23. The van der Waals surface area contributed by atoms with Crippen molar-refractivity contribution >= 4 is 0 Å². The van der Waals surface area contributed by atoms with E-state index in [0.29, 0.717) is 12.5 Å². The van der Waals surface area contributed by atoms with Gasteiger partial charge in [-0.2, -0.15) is 0 Å². The second-order valence-corrected chi connectivity index (χ2v) is 6.06. The molecule has 3 N–H and O–H groups in total. The Balaban J connectivity index is 4.12. The van der Waals surface area contributed by atoms with Crippen LogP contribution in [0.4, 0.5) is 0 Å². The number of hydrogen-bond donors (Lipinski definition) is 3. The Labute approximate surface area is 107 Å². The second kappa shape index (κ2) is 7.34. The highest BCUT2D eigenvalue weighted by Gasteiger charge is 2.27. The average molecular weight is 245 g/mol. The fourth-order valence-corrected chi connectivity index (χ4v) is 2.33. The lowest BCUT2D eigenvalue weighted by Gasteiger charge is -2.32. The van der Waals surface area contributed by atoms with Gasteiger partial charge in [-0.25, -0.2) is 0 Å². The third kappa shape index (κ3) is 6.39. The number of aliphatic hydroxyl groups excluding tert-OH is 1. The third-order valence-corrected chi connectivity index (χ3v) is 3.69. The van der Waals surface area contributed by atoms with Crippen LogP contribution in [0.3, 0.4) is 0 Å². The Bertz CT molecular complexity index is 190. The molecule has 0 aliphatic rings. The van der Waals surface area contributed by atoms with Gasteiger partial charge in [-0.3, -0.25) is 0 Å². The van der Waals surface area contributed by atoms with Crippen LogP contribution in [0, 0.1) is 11.3 Å². The number of hydrogen-bond acceptors (Lipinski definition) is 3. The number of nitrogens with one attached hydrogen (secondary N) is 1. The van der Waals surface area contributed by atoms with Gasteiger partial charge in [-0.15, -0.1) is 0 Å². The van der Waals surface area contributed by atoms with Crippen LogP contribution in [-0.2, 0) is 0 Å². The van der Waals surface area contributed by atoms with Gasteiger partial charge in [0.2, 0.25) is 0 Å². The van der Waals surface area contributed by atoms with Crippen molar-refractivity contribution in [3.05, 3.63) is 0 Å². The van der Waals surface area contributed by atoms with Crippen LogP contribution in [-0.4, -0.2) is 35.5 Å².